The number of allylic oxidation sites excluding steroid dienone is 2. The molecule has 51 heavy (non-hydrogen) atoms. The van der Waals surface area contributed by atoms with E-state index in [9.17, 15) is 24.6 Å². The van der Waals surface area contributed by atoms with Gasteiger partial charge in [0.1, 0.15) is 11.5 Å². The van der Waals surface area contributed by atoms with Crippen LogP contribution in [0.4, 0.5) is 0 Å². The van der Waals surface area contributed by atoms with Gasteiger partial charge >= 0.3 is 11.9 Å². The molecule has 12 nitrogen and oxygen atoms in total. The third-order valence-electron chi connectivity index (χ3n) is 8.95. The fourth-order valence-electron chi connectivity index (χ4n) is 6.21. The molecule has 4 N–H and O–H groups in total. The first-order valence-corrected chi connectivity index (χ1v) is 17.8. The van der Waals surface area contributed by atoms with E-state index in [4.69, 9.17) is 24.6 Å². The van der Waals surface area contributed by atoms with E-state index in [1.165, 1.54) is 38.2 Å². The van der Waals surface area contributed by atoms with Gasteiger partial charge in [0.15, 0.2) is 11.5 Å². The van der Waals surface area contributed by atoms with Gasteiger partial charge in [0.05, 0.1) is 31.3 Å². The number of nitrogens with zero attached hydrogens (tertiary/aromatic N) is 1. The maximum atomic E-state index is 12.6. The molecule has 3 rings (SSSR count). The van der Waals surface area contributed by atoms with E-state index in [0.717, 1.165) is 19.3 Å². The fraction of sp³-hybridized carbons (Fsp3) is 0.513. The molecule has 0 aliphatic heterocycles. The smallest absolute Gasteiger partial charge is 0.336 e. The largest absolute Gasteiger partial charge is 0.493 e. The van der Waals surface area contributed by atoms with Crippen molar-refractivity contribution in [2.45, 2.75) is 109 Å². The zero-order valence-corrected chi connectivity index (χ0v) is 29.7. The third kappa shape index (κ3) is 15.5. The highest BCUT2D eigenvalue weighted by Crippen LogP contribution is 2.38. The molecule has 280 valence electrons. The number of carbonyl (C=O) groups excluding carboxylic acids is 3. The molecule has 0 heterocycles. The van der Waals surface area contributed by atoms with Crippen LogP contribution < -0.4 is 14.2 Å². The van der Waals surface area contributed by atoms with E-state index < -0.39 is 29.5 Å². The van der Waals surface area contributed by atoms with Crippen molar-refractivity contribution in [2.75, 3.05) is 7.11 Å². The number of aliphatic hydroxyl groups is 2. The molecular weight excluding hydrogens is 658 g/mol. The molecule has 0 amide bonds. The van der Waals surface area contributed by atoms with E-state index in [2.05, 4.69) is 11.8 Å². The van der Waals surface area contributed by atoms with Crippen molar-refractivity contribution in [3.05, 3.63) is 71.8 Å². The number of carbonyl (C=O) groups is 3. The van der Waals surface area contributed by atoms with Crippen molar-refractivity contribution < 1.29 is 54.1 Å². The van der Waals surface area contributed by atoms with Gasteiger partial charge in [0.2, 0.25) is 0 Å². The van der Waals surface area contributed by atoms with E-state index >= 15 is 0 Å². The summed E-state index contributed by atoms with van der Waals surface area (Å²) in [5, 5.41) is 38.0. The summed E-state index contributed by atoms with van der Waals surface area (Å²) in [4.78, 5) is 41.8. The minimum Gasteiger partial charge on any atom is -0.493 e. The molecule has 2 aromatic rings. The number of rotatable bonds is 23. The first kappa shape index (κ1) is 41.5. The predicted molar refractivity (Wildman–Crippen MR) is 189 cm³/mol. The van der Waals surface area contributed by atoms with Gasteiger partial charge in [-0.25, -0.2) is 9.63 Å². The maximum Gasteiger partial charge on any atom is 0.336 e. The number of ketones is 1. The molecule has 4 atom stereocenters. The average Bonchev–Trinajstić information content (AvgIpc) is 3.38. The van der Waals surface area contributed by atoms with Crippen molar-refractivity contribution in [2.24, 2.45) is 11.8 Å². The van der Waals surface area contributed by atoms with Crippen LogP contribution in [0.1, 0.15) is 102 Å². The lowest BCUT2D eigenvalue weighted by Crippen LogP contribution is -2.22. The summed E-state index contributed by atoms with van der Waals surface area (Å²) in [6.07, 6.45) is 15.0. The van der Waals surface area contributed by atoms with Gasteiger partial charge < -0.3 is 24.4 Å². The summed E-state index contributed by atoms with van der Waals surface area (Å²) in [5.74, 6) is -0.228. The average molecular weight is 712 g/mol. The van der Waals surface area contributed by atoms with E-state index in [-0.39, 0.29) is 42.1 Å². The number of hydrogen-bond donors (Lipinski definition) is 4. The minimum absolute atomic E-state index is 0.0971. The van der Waals surface area contributed by atoms with Gasteiger partial charge in [-0.05, 0) is 91.8 Å². The lowest BCUT2D eigenvalue weighted by molar-refractivity contribution is -0.497. The van der Waals surface area contributed by atoms with Crippen molar-refractivity contribution in [3.63, 3.8) is 0 Å². The van der Waals surface area contributed by atoms with Crippen LogP contribution in [-0.2, 0) is 25.8 Å². The summed E-state index contributed by atoms with van der Waals surface area (Å²) in [6, 6.07) is 11.2. The van der Waals surface area contributed by atoms with Crippen LogP contribution in [0, 0.1) is 11.8 Å². The van der Waals surface area contributed by atoms with Gasteiger partial charge in [-0.1, -0.05) is 63.0 Å². The second-order valence-electron chi connectivity index (χ2n) is 12.9. The van der Waals surface area contributed by atoms with Crippen LogP contribution in [0.25, 0.3) is 6.08 Å². The lowest BCUT2D eigenvalue weighted by Gasteiger charge is -2.22. The third-order valence-corrected chi connectivity index (χ3v) is 8.95. The normalized spacial score (nSPS) is 18.9. The summed E-state index contributed by atoms with van der Waals surface area (Å²) in [5.41, 5.74) is 1.15. The Morgan fingerprint density at radius 3 is 2.41 bits per heavy atom. The van der Waals surface area contributed by atoms with Crippen LogP contribution in [-0.4, -0.2) is 63.1 Å². The molecule has 1 aliphatic carbocycles. The zero-order valence-electron chi connectivity index (χ0n) is 29.7. The molecule has 12 heteroatoms. The summed E-state index contributed by atoms with van der Waals surface area (Å²) < 4.78 is 16.2. The lowest BCUT2D eigenvalue weighted by atomic mass is 9.86. The van der Waals surface area contributed by atoms with Gasteiger partial charge in [-0.2, -0.15) is 0 Å². The highest BCUT2D eigenvalue weighted by Gasteiger charge is 2.40. The Kier molecular flexibility index (Phi) is 18.6. The van der Waals surface area contributed by atoms with Gasteiger partial charge in [0.25, 0.3) is 0 Å². The Balaban J connectivity index is 1.39. The standard InChI is InChI=1S/C39H53NO11/c1-3-4-5-6-9-14-30(41)20-21-33-32(34(42)26-35(33)43)16-10-7-8-11-17-38(44)51-36-22-18-28(25-37(36)48-2)19-23-39(45)50-31-15-12-13-29(24-31)27-49-40(46)47/h7,10,12-13,15,18-19,22-25,32-35,42-43,46-47H,3-6,8-9,11,14,16-17,20-21,26-27H2,1-2H3/b10-7-,23-19+/t32-,33-,34+,35-/m1/s1. The molecule has 0 radical (unpaired) electrons. The van der Waals surface area contributed by atoms with Crippen LogP contribution in [0.5, 0.6) is 17.2 Å². The first-order chi connectivity index (χ1) is 24.6. The molecule has 1 aliphatic rings. The Bertz CT molecular complexity index is 1440. The number of Topliss-reactive ketones (excluding diaryl/α,β-unsaturated/α-hetero) is 1. The summed E-state index contributed by atoms with van der Waals surface area (Å²) >= 11 is 0. The maximum absolute atomic E-state index is 12.6. The Labute approximate surface area is 300 Å². The second-order valence-corrected chi connectivity index (χ2v) is 12.9. The number of unbranched alkanes of at least 4 members (excludes halogenated alkanes) is 5. The van der Waals surface area contributed by atoms with Crippen LogP contribution >= 0.6 is 0 Å². The van der Waals surface area contributed by atoms with Crippen molar-refractivity contribution in [3.8, 4) is 17.2 Å². The fourth-order valence-corrected chi connectivity index (χ4v) is 6.21. The van der Waals surface area contributed by atoms with Crippen molar-refractivity contribution in [1.29, 1.82) is 0 Å². The molecule has 1 saturated carbocycles. The molecule has 1 fully saturated rings. The number of methoxy groups -OCH3 is 1. The minimum atomic E-state index is -0.644. The van der Waals surface area contributed by atoms with E-state index in [1.54, 1.807) is 36.4 Å². The monoisotopic (exact) mass is 711 g/mol. The molecule has 2 aromatic carbocycles. The molecule has 0 unspecified atom stereocenters. The number of hydrogen-bond acceptors (Lipinski definition) is 12. The Morgan fingerprint density at radius 1 is 0.863 bits per heavy atom. The van der Waals surface area contributed by atoms with Crippen molar-refractivity contribution >= 4 is 23.8 Å². The summed E-state index contributed by atoms with van der Waals surface area (Å²) in [6.45, 7) is 2.02. The van der Waals surface area contributed by atoms with Gasteiger partial charge in [0, 0.05) is 25.3 Å². The molecule has 0 spiro atoms. The number of aliphatic hydroxyl groups excluding tert-OH is 2. The number of benzene rings is 2. The topological polar surface area (TPSA) is 172 Å². The Hall–Kier alpha value is -3.91. The summed E-state index contributed by atoms with van der Waals surface area (Å²) in [7, 11) is 1.45. The quantitative estimate of drug-likeness (QED) is 0.0235. The van der Waals surface area contributed by atoms with Crippen molar-refractivity contribution in [1.82, 2.24) is 5.39 Å². The van der Waals surface area contributed by atoms with Gasteiger partial charge in [-0.15, -0.1) is 0 Å². The zero-order chi connectivity index (χ0) is 37.0. The van der Waals surface area contributed by atoms with E-state index in [1.807, 2.05) is 12.2 Å². The SMILES string of the molecule is CCCCCCCC(=O)CC[C@@H]1[C@@H](C/C=C\CCCC(=O)Oc2ccc(/C=C/C(=O)Oc3cccc(CON(O)O)c3)cc2OC)[C@@H](O)C[C@H]1O. The molecule has 0 saturated heterocycles. The number of esters is 2. The van der Waals surface area contributed by atoms with E-state index in [0.29, 0.717) is 61.8 Å². The highest BCUT2D eigenvalue weighted by atomic mass is 17.1. The predicted octanol–water partition coefficient (Wildman–Crippen LogP) is 6.92. The highest BCUT2D eigenvalue weighted by molar-refractivity contribution is 5.89. The van der Waals surface area contributed by atoms with Crippen LogP contribution in [0.3, 0.4) is 0 Å². The van der Waals surface area contributed by atoms with Crippen LogP contribution in [0.2, 0.25) is 0 Å². The first-order valence-electron chi connectivity index (χ1n) is 17.8. The second kappa shape index (κ2) is 22.8. The molecule has 0 aromatic heterocycles. The Morgan fingerprint density at radius 2 is 1.65 bits per heavy atom. The van der Waals surface area contributed by atoms with Crippen LogP contribution in [0.15, 0.2) is 60.7 Å². The molecule has 0 bridgehead atoms. The molecular formula is C39H53NO11. The van der Waals surface area contributed by atoms with Gasteiger partial charge in [-0.3, -0.25) is 20.0 Å². The number of ether oxygens (including phenoxy) is 3.